The minimum absolute atomic E-state index is 0.0483. The molecular weight excluding hydrogens is 419 g/mol. The van der Waals surface area contributed by atoms with Crippen molar-refractivity contribution in [3.05, 3.63) is 65.5 Å². The lowest BCUT2D eigenvalue weighted by Gasteiger charge is -2.36. The number of aliphatic hydroxyl groups excluding tert-OH is 1. The number of aliphatic hydroxyl groups is 1. The van der Waals surface area contributed by atoms with E-state index in [9.17, 15) is 14.3 Å². The van der Waals surface area contributed by atoms with Gasteiger partial charge in [-0.2, -0.15) is 5.26 Å². The Hall–Kier alpha value is -2.95. The van der Waals surface area contributed by atoms with Gasteiger partial charge in [0.25, 0.3) is 0 Å². The standard InChI is InChI=1S/C26H33FN4O2/c1-18(2)25(30-26(33)29-23-5-3-4-21(15-23)16-28)24(32)17-31-12-10-20(11-13-31)14-19-6-8-22(27)9-7-19/h3-9,15,18,20,24-25,32H,10-14,17H2,1-2H3,(H2,29,30,33)/t24-,25-/m1/s1. The minimum Gasteiger partial charge on any atom is -0.390 e. The maximum Gasteiger partial charge on any atom is 0.319 e. The van der Waals surface area contributed by atoms with Gasteiger partial charge in [-0.3, -0.25) is 0 Å². The zero-order valence-electron chi connectivity index (χ0n) is 19.3. The van der Waals surface area contributed by atoms with Gasteiger partial charge in [0.1, 0.15) is 5.82 Å². The van der Waals surface area contributed by atoms with Crippen LogP contribution in [-0.4, -0.2) is 47.8 Å². The number of urea groups is 1. The molecule has 0 aliphatic carbocycles. The Balaban J connectivity index is 1.47. The van der Waals surface area contributed by atoms with Crippen LogP contribution in [0.4, 0.5) is 14.9 Å². The molecule has 1 fully saturated rings. The van der Waals surface area contributed by atoms with Crippen molar-refractivity contribution >= 4 is 11.7 Å². The smallest absolute Gasteiger partial charge is 0.319 e. The van der Waals surface area contributed by atoms with Crippen molar-refractivity contribution in [1.82, 2.24) is 10.2 Å². The predicted molar refractivity (Wildman–Crippen MR) is 127 cm³/mol. The molecule has 6 nitrogen and oxygen atoms in total. The number of rotatable bonds is 8. The summed E-state index contributed by atoms with van der Waals surface area (Å²) in [7, 11) is 0. The van der Waals surface area contributed by atoms with Gasteiger partial charge in [0.2, 0.25) is 0 Å². The maximum atomic E-state index is 13.1. The van der Waals surface area contributed by atoms with Crippen LogP contribution in [0.3, 0.4) is 0 Å². The summed E-state index contributed by atoms with van der Waals surface area (Å²) < 4.78 is 13.1. The van der Waals surface area contributed by atoms with E-state index < -0.39 is 18.2 Å². The van der Waals surface area contributed by atoms with Crippen molar-refractivity contribution in [2.45, 2.75) is 45.3 Å². The van der Waals surface area contributed by atoms with E-state index in [-0.39, 0.29) is 11.7 Å². The van der Waals surface area contributed by atoms with Crippen LogP contribution in [0.5, 0.6) is 0 Å². The molecule has 0 aromatic heterocycles. The Morgan fingerprint density at radius 1 is 1.21 bits per heavy atom. The summed E-state index contributed by atoms with van der Waals surface area (Å²) in [5.41, 5.74) is 2.16. The summed E-state index contributed by atoms with van der Waals surface area (Å²) in [5, 5.41) is 25.5. The van der Waals surface area contributed by atoms with Gasteiger partial charge in [0.15, 0.2) is 0 Å². The van der Waals surface area contributed by atoms with Crippen LogP contribution in [0, 0.1) is 29.0 Å². The second-order valence-corrected chi connectivity index (χ2v) is 9.20. The fourth-order valence-electron chi connectivity index (χ4n) is 4.40. The third-order valence-corrected chi connectivity index (χ3v) is 6.27. The number of carbonyl (C=O) groups is 1. The van der Waals surface area contributed by atoms with Gasteiger partial charge in [0, 0.05) is 12.2 Å². The Morgan fingerprint density at radius 3 is 2.55 bits per heavy atom. The molecular formula is C26H33FN4O2. The SMILES string of the molecule is CC(C)[C@@H](NC(=O)Nc1cccc(C#N)c1)[C@H](O)CN1CCC(Cc2ccc(F)cc2)CC1. The summed E-state index contributed by atoms with van der Waals surface area (Å²) in [4.78, 5) is 14.8. The summed E-state index contributed by atoms with van der Waals surface area (Å²) in [5.74, 6) is 0.394. The maximum absolute atomic E-state index is 13.1. The van der Waals surface area contributed by atoms with E-state index >= 15 is 0 Å². The number of carbonyl (C=O) groups excluding carboxylic acids is 1. The molecule has 1 aliphatic rings. The largest absolute Gasteiger partial charge is 0.390 e. The molecule has 1 saturated heterocycles. The van der Waals surface area contributed by atoms with Crippen LogP contribution in [0.2, 0.25) is 0 Å². The van der Waals surface area contributed by atoms with Crippen LogP contribution in [0.15, 0.2) is 48.5 Å². The fourth-order valence-corrected chi connectivity index (χ4v) is 4.40. The number of benzene rings is 2. The number of nitrogens with one attached hydrogen (secondary N) is 2. The molecule has 2 aromatic rings. The molecule has 33 heavy (non-hydrogen) atoms. The van der Waals surface area contributed by atoms with Gasteiger partial charge in [-0.05, 0) is 80.1 Å². The first kappa shape index (κ1) is 24.7. The number of piperidine rings is 1. The van der Waals surface area contributed by atoms with Crippen LogP contribution in [0.1, 0.15) is 37.8 Å². The van der Waals surface area contributed by atoms with Gasteiger partial charge >= 0.3 is 6.03 Å². The molecule has 2 aromatic carbocycles. The fraction of sp³-hybridized carbons (Fsp3) is 0.462. The van der Waals surface area contributed by atoms with Crippen LogP contribution in [-0.2, 0) is 6.42 Å². The highest BCUT2D eigenvalue weighted by atomic mass is 19.1. The molecule has 0 saturated carbocycles. The highest BCUT2D eigenvalue weighted by Gasteiger charge is 2.28. The third kappa shape index (κ3) is 7.55. The van der Waals surface area contributed by atoms with Gasteiger partial charge in [0.05, 0.1) is 23.8 Å². The topological polar surface area (TPSA) is 88.4 Å². The lowest BCUT2D eigenvalue weighted by molar-refractivity contribution is 0.0539. The molecule has 1 aliphatic heterocycles. The summed E-state index contributed by atoms with van der Waals surface area (Å²) in [6, 6.07) is 14.7. The number of anilines is 1. The van der Waals surface area contributed by atoms with Gasteiger partial charge in [-0.25, -0.2) is 9.18 Å². The molecule has 176 valence electrons. The van der Waals surface area contributed by atoms with Gasteiger partial charge < -0.3 is 20.6 Å². The van der Waals surface area contributed by atoms with Crippen molar-refractivity contribution in [2.24, 2.45) is 11.8 Å². The van der Waals surface area contributed by atoms with Gasteiger partial charge in [-0.15, -0.1) is 0 Å². The van der Waals surface area contributed by atoms with Crippen molar-refractivity contribution in [3.8, 4) is 6.07 Å². The lowest BCUT2D eigenvalue weighted by atomic mass is 9.89. The second-order valence-electron chi connectivity index (χ2n) is 9.20. The van der Waals surface area contributed by atoms with Crippen molar-refractivity contribution in [2.75, 3.05) is 25.0 Å². The van der Waals surface area contributed by atoms with Crippen molar-refractivity contribution in [1.29, 1.82) is 5.26 Å². The zero-order valence-corrected chi connectivity index (χ0v) is 19.3. The first-order valence-corrected chi connectivity index (χ1v) is 11.6. The highest BCUT2D eigenvalue weighted by Crippen LogP contribution is 2.23. The molecule has 2 atom stereocenters. The molecule has 2 amide bonds. The summed E-state index contributed by atoms with van der Waals surface area (Å²) >= 11 is 0. The van der Waals surface area contributed by atoms with Crippen molar-refractivity contribution in [3.63, 3.8) is 0 Å². The molecule has 3 N–H and O–H groups in total. The number of hydrogen-bond donors (Lipinski definition) is 3. The van der Waals surface area contributed by atoms with Crippen LogP contribution < -0.4 is 10.6 Å². The molecule has 3 rings (SSSR count). The number of hydrogen-bond acceptors (Lipinski definition) is 4. The number of likely N-dealkylation sites (tertiary alicyclic amines) is 1. The van der Waals surface area contributed by atoms with Crippen LogP contribution >= 0.6 is 0 Å². The molecule has 7 heteroatoms. The van der Waals surface area contributed by atoms with Crippen molar-refractivity contribution < 1.29 is 14.3 Å². The zero-order chi connectivity index (χ0) is 23.8. The van der Waals surface area contributed by atoms with E-state index in [1.165, 1.54) is 12.1 Å². The number of β-amino-alcohol motifs (C(OH)–C–C–N with tert-alkyl or cyclic N) is 1. The second kappa shape index (κ2) is 11.8. The lowest BCUT2D eigenvalue weighted by Crippen LogP contribution is -2.53. The minimum atomic E-state index is -0.699. The molecule has 0 bridgehead atoms. The van der Waals surface area contributed by atoms with E-state index in [0.717, 1.165) is 37.9 Å². The average molecular weight is 453 g/mol. The van der Waals surface area contributed by atoms with Gasteiger partial charge in [-0.1, -0.05) is 32.0 Å². The average Bonchev–Trinajstić information content (AvgIpc) is 2.80. The number of amides is 2. The van der Waals surface area contributed by atoms with E-state index in [1.807, 2.05) is 32.0 Å². The monoisotopic (exact) mass is 452 g/mol. The third-order valence-electron chi connectivity index (χ3n) is 6.27. The van der Waals surface area contributed by atoms with E-state index in [4.69, 9.17) is 5.26 Å². The number of nitrogens with zero attached hydrogens (tertiary/aromatic N) is 2. The van der Waals surface area contributed by atoms with E-state index in [2.05, 4.69) is 15.5 Å². The highest BCUT2D eigenvalue weighted by molar-refractivity contribution is 5.89. The van der Waals surface area contributed by atoms with E-state index in [1.54, 1.807) is 24.3 Å². The van der Waals surface area contributed by atoms with E-state index in [0.29, 0.717) is 23.7 Å². The Bertz CT molecular complexity index is 950. The molecule has 0 spiro atoms. The molecule has 0 radical (unpaired) electrons. The quantitative estimate of drug-likeness (QED) is 0.561. The molecule has 0 unspecified atom stereocenters. The predicted octanol–water partition coefficient (Wildman–Crippen LogP) is 4.16. The van der Waals surface area contributed by atoms with Crippen LogP contribution in [0.25, 0.3) is 0 Å². The summed E-state index contributed by atoms with van der Waals surface area (Å²) in [6.45, 7) is 6.22. The Morgan fingerprint density at radius 2 is 1.91 bits per heavy atom. The summed E-state index contributed by atoms with van der Waals surface area (Å²) in [6.07, 6.45) is 2.30. The Labute approximate surface area is 195 Å². The number of halogens is 1. The normalized spacial score (nSPS) is 16.7. The molecule has 1 heterocycles. The number of nitriles is 1. The first-order chi connectivity index (χ1) is 15.8. The Kier molecular flexibility index (Phi) is 8.81. The first-order valence-electron chi connectivity index (χ1n) is 11.6.